The Morgan fingerprint density at radius 3 is 2.41 bits per heavy atom. The van der Waals surface area contributed by atoms with Gasteiger partial charge in [-0.1, -0.05) is 0 Å². The average molecular weight is 531 g/mol. The maximum Gasteiger partial charge on any atom is 0.333 e. The molecule has 0 atom stereocenters. The lowest BCUT2D eigenvalue weighted by atomic mass is 10.0. The number of thiophene rings is 1. The van der Waals surface area contributed by atoms with E-state index in [1.807, 2.05) is 6.92 Å². The Morgan fingerprint density at radius 1 is 1.19 bits per heavy atom. The maximum atomic E-state index is 13.6. The van der Waals surface area contributed by atoms with E-state index in [0.29, 0.717) is 30.0 Å². The summed E-state index contributed by atoms with van der Waals surface area (Å²) in [5.41, 5.74) is -2.55. The minimum absolute atomic E-state index is 0.0934. The molecule has 10 heteroatoms. The molecule has 0 N–H and O–H groups in total. The standard InChI is InChI=1S/C22H31BrN2O6S/c1-13-15-17(26)25(22(5,6)19(27)31-21(2,3)4)20(28)24(18(15)32-16(13)23)9-12-30-14-7-10-29-11-8-14/h14H,7-12H2,1-6H3. The number of aryl methyl sites for hydroxylation is 1. The SMILES string of the molecule is Cc1c(Br)sc2c1c(=O)n(C(C)(C)C(=O)OC(C)(C)C)c(=O)n2CCOC1CCOCC1. The lowest BCUT2D eigenvalue weighted by Crippen LogP contribution is -2.54. The number of ether oxygens (including phenoxy) is 3. The molecule has 178 valence electrons. The van der Waals surface area contributed by atoms with Crippen LogP contribution in [-0.2, 0) is 31.1 Å². The molecule has 2 aromatic rings. The summed E-state index contributed by atoms with van der Waals surface area (Å²) in [7, 11) is 0. The average Bonchev–Trinajstić information content (AvgIpc) is 2.98. The fourth-order valence-corrected chi connectivity index (χ4v) is 5.36. The number of hydrogen-bond donors (Lipinski definition) is 0. The van der Waals surface area contributed by atoms with Gasteiger partial charge in [0.25, 0.3) is 5.56 Å². The predicted octanol–water partition coefficient (Wildman–Crippen LogP) is 3.57. The van der Waals surface area contributed by atoms with E-state index in [9.17, 15) is 14.4 Å². The van der Waals surface area contributed by atoms with E-state index >= 15 is 0 Å². The fourth-order valence-electron chi connectivity index (χ4n) is 3.66. The molecule has 0 saturated carbocycles. The Balaban J connectivity index is 2.07. The van der Waals surface area contributed by atoms with Gasteiger partial charge in [0.2, 0.25) is 0 Å². The summed E-state index contributed by atoms with van der Waals surface area (Å²) in [5, 5.41) is 0.421. The van der Waals surface area contributed by atoms with Gasteiger partial charge >= 0.3 is 11.7 Å². The van der Waals surface area contributed by atoms with E-state index in [-0.39, 0.29) is 12.6 Å². The third-order valence-corrected chi connectivity index (χ3v) is 7.63. The first-order chi connectivity index (χ1) is 14.8. The van der Waals surface area contributed by atoms with Crippen molar-refractivity contribution in [3.8, 4) is 0 Å². The number of carbonyl (C=O) groups excluding carboxylic acids is 1. The van der Waals surface area contributed by atoms with Crippen molar-refractivity contribution in [2.75, 3.05) is 19.8 Å². The Kier molecular flexibility index (Phi) is 7.39. The fraction of sp³-hybridized carbons (Fsp3) is 0.682. The molecule has 3 heterocycles. The molecular weight excluding hydrogens is 500 g/mol. The van der Waals surface area contributed by atoms with Gasteiger partial charge in [-0.15, -0.1) is 11.3 Å². The second kappa shape index (κ2) is 9.40. The zero-order chi connectivity index (χ0) is 23.8. The van der Waals surface area contributed by atoms with Crippen LogP contribution in [0.15, 0.2) is 13.4 Å². The molecule has 32 heavy (non-hydrogen) atoms. The first-order valence-electron chi connectivity index (χ1n) is 10.7. The molecule has 0 radical (unpaired) electrons. The summed E-state index contributed by atoms with van der Waals surface area (Å²) in [6.07, 6.45) is 1.73. The molecule has 8 nitrogen and oxygen atoms in total. The van der Waals surface area contributed by atoms with Crippen LogP contribution in [0, 0.1) is 6.92 Å². The highest BCUT2D eigenvalue weighted by molar-refractivity contribution is 9.11. The van der Waals surface area contributed by atoms with Crippen molar-refractivity contribution in [3.63, 3.8) is 0 Å². The topological polar surface area (TPSA) is 88.8 Å². The molecule has 3 rings (SSSR count). The first-order valence-corrected chi connectivity index (χ1v) is 12.3. The molecule has 1 aliphatic rings. The van der Waals surface area contributed by atoms with E-state index in [4.69, 9.17) is 14.2 Å². The van der Waals surface area contributed by atoms with Crippen molar-refractivity contribution in [1.82, 2.24) is 9.13 Å². The van der Waals surface area contributed by atoms with Crippen LogP contribution in [-0.4, -0.2) is 46.6 Å². The van der Waals surface area contributed by atoms with Gasteiger partial charge in [0.15, 0.2) is 0 Å². The first kappa shape index (κ1) is 25.1. The Labute approximate surface area is 199 Å². The number of nitrogens with zero attached hydrogens (tertiary/aromatic N) is 2. The summed E-state index contributed by atoms with van der Waals surface area (Å²) in [6.45, 7) is 12.1. The van der Waals surface area contributed by atoms with Crippen LogP contribution in [0.4, 0.5) is 0 Å². The number of rotatable bonds is 6. The lowest BCUT2D eigenvalue weighted by Gasteiger charge is -2.30. The number of halogens is 1. The molecule has 0 aromatic carbocycles. The van der Waals surface area contributed by atoms with Crippen LogP contribution in [0.2, 0.25) is 0 Å². The normalized spacial score (nSPS) is 16.0. The van der Waals surface area contributed by atoms with Gasteiger partial charge in [-0.25, -0.2) is 14.2 Å². The third kappa shape index (κ3) is 5.03. The van der Waals surface area contributed by atoms with Gasteiger partial charge < -0.3 is 14.2 Å². The molecule has 1 fully saturated rings. The molecular formula is C22H31BrN2O6S. The van der Waals surface area contributed by atoms with Crippen molar-refractivity contribution in [1.29, 1.82) is 0 Å². The number of esters is 1. The molecule has 1 saturated heterocycles. The van der Waals surface area contributed by atoms with E-state index in [0.717, 1.165) is 26.8 Å². The van der Waals surface area contributed by atoms with E-state index < -0.39 is 28.4 Å². The number of carbonyl (C=O) groups is 1. The second-order valence-corrected chi connectivity index (χ2v) is 11.8. The van der Waals surface area contributed by atoms with Gasteiger partial charge in [-0.05, 0) is 75.9 Å². The van der Waals surface area contributed by atoms with Gasteiger partial charge in [0.1, 0.15) is 16.0 Å². The van der Waals surface area contributed by atoms with Crippen LogP contribution < -0.4 is 11.2 Å². The molecule has 0 bridgehead atoms. The minimum Gasteiger partial charge on any atom is -0.458 e. The molecule has 0 unspecified atom stereocenters. The van der Waals surface area contributed by atoms with Crippen LogP contribution in [0.5, 0.6) is 0 Å². The maximum absolute atomic E-state index is 13.6. The summed E-state index contributed by atoms with van der Waals surface area (Å²) >= 11 is 4.83. The van der Waals surface area contributed by atoms with Crippen LogP contribution in [0.3, 0.4) is 0 Å². The minimum atomic E-state index is -1.49. The lowest BCUT2D eigenvalue weighted by molar-refractivity contribution is -0.164. The van der Waals surface area contributed by atoms with Gasteiger partial charge in [-0.3, -0.25) is 9.36 Å². The van der Waals surface area contributed by atoms with Crippen molar-refractivity contribution < 1.29 is 19.0 Å². The van der Waals surface area contributed by atoms with Crippen molar-refractivity contribution in [3.05, 3.63) is 30.2 Å². The zero-order valence-corrected chi connectivity index (χ0v) is 21.9. The van der Waals surface area contributed by atoms with Crippen molar-refractivity contribution in [2.45, 2.75) is 78.2 Å². The zero-order valence-electron chi connectivity index (χ0n) is 19.5. The molecule has 0 spiro atoms. The van der Waals surface area contributed by atoms with Crippen LogP contribution in [0.1, 0.15) is 53.0 Å². The number of aromatic nitrogens is 2. The molecule has 0 amide bonds. The summed E-state index contributed by atoms with van der Waals surface area (Å²) in [4.78, 5) is 40.5. The van der Waals surface area contributed by atoms with Gasteiger partial charge in [0.05, 0.1) is 28.4 Å². The molecule has 2 aromatic heterocycles. The quantitative estimate of drug-likeness (QED) is 0.530. The van der Waals surface area contributed by atoms with E-state index in [2.05, 4.69) is 15.9 Å². The van der Waals surface area contributed by atoms with Gasteiger partial charge in [0, 0.05) is 13.2 Å². The summed E-state index contributed by atoms with van der Waals surface area (Å²) in [5.74, 6) is -0.638. The van der Waals surface area contributed by atoms with Crippen LogP contribution in [0.25, 0.3) is 10.2 Å². The van der Waals surface area contributed by atoms with Crippen LogP contribution >= 0.6 is 27.3 Å². The Bertz CT molecular complexity index is 1120. The summed E-state index contributed by atoms with van der Waals surface area (Å²) < 4.78 is 20.2. The molecule has 1 aliphatic heterocycles. The second-order valence-electron chi connectivity index (χ2n) is 9.50. The Hall–Kier alpha value is -1.49. The smallest absolute Gasteiger partial charge is 0.333 e. The largest absolute Gasteiger partial charge is 0.458 e. The number of fused-ring (bicyclic) bond motifs is 1. The summed E-state index contributed by atoms with van der Waals surface area (Å²) in [6, 6.07) is 0. The number of hydrogen-bond acceptors (Lipinski definition) is 7. The highest BCUT2D eigenvalue weighted by Gasteiger charge is 2.38. The molecule has 0 aliphatic carbocycles. The third-order valence-electron chi connectivity index (χ3n) is 5.45. The monoisotopic (exact) mass is 530 g/mol. The highest BCUT2D eigenvalue weighted by atomic mass is 79.9. The van der Waals surface area contributed by atoms with E-state index in [1.54, 1.807) is 20.8 Å². The highest BCUT2D eigenvalue weighted by Crippen LogP contribution is 2.33. The van der Waals surface area contributed by atoms with Crippen molar-refractivity contribution >= 4 is 43.5 Å². The predicted molar refractivity (Wildman–Crippen MR) is 128 cm³/mol. The van der Waals surface area contributed by atoms with E-state index in [1.165, 1.54) is 29.8 Å². The van der Waals surface area contributed by atoms with Crippen molar-refractivity contribution in [2.24, 2.45) is 0 Å². The Morgan fingerprint density at radius 2 is 1.81 bits per heavy atom. The van der Waals surface area contributed by atoms with Gasteiger partial charge in [-0.2, -0.15) is 0 Å².